The number of sulfone groups is 1. The molecule has 0 radical (unpaired) electrons. The summed E-state index contributed by atoms with van der Waals surface area (Å²) in [6, 6.07) is 3.20. The van der Waals surface area contributed by atoms with Gasteiger partial charge in [0.2, 0.25) is 5.91 Å². The van der Waals surface area contributed by atoms with Crippen LogP contribution in [-0.4, -0.2) is 38.1 Å². The van der Waals surface area contributed by atoms with E-state index in [0.717, 1.165) is 6.07 Å². The van der Waals surface area contributed by atoms with Gasteiger partial charge in [0.1, 0.15) is 11.6 Å². The van der Waals surface area contributed by atoms with Gasteiger partial charge in [-0.05, 0) is 32.0 Å². The van der Waals surface area contributed by atoms with Crippen molar-refractivity contribution in [1.82, 2.24) is 4.90 Å². The zero-order chi connectivity index (χ0) is 14.6. The summed E-state index contributed by atoms with van der Waals surface area (Å²) in [5.41, 5.74) is 5.15. The average Bonchev–Trinajstić information content (AvgIpc) is 2.33. The molecule has 0 aromatic heterocycles. The fourth-order valence-corrected chi connectivity index (χ4v) is 2.85. The minimum Gasteiger partial charge on any atom is -0.396 e. The van der Waals surface area contributed by atoms with Crippen molar-refractivity contribution in [1.29, 1.82) is 0 Å². The zero-order valence-electron chi connectivity index (χ0n) is 10.9. The molecule has 0 bridgehead atoms. The molecule has 0 saturated heterocycles. The second-order valence-corrected chi connectivity index (χ2v) is 6.00. The number of rotatable bonds is 5. The molecule has 1 amide bonds. The Balaban J connectivity index is 2.98. The Morgan fingerprint density at radius 1 is 1.32 bits per heavy atom. The number of hydrogen-bond donors (Lipinski definition) is 1. The fraction of sp³-hybridized carbons (Fsp3) is 0.417. The molecule has 0 saturated carbocycles. The van der Waals surface area contributed by atoms with E-state index < -0.39 is 27.3 Å². The van der Waals surface area contributed by atoms with Crippen LogP contribution in [0.25, 0.3) is 0 Å². The number of nitrogens with two attached hydrogens (primary N) is 1. The summed E-state index contributed by atoms with van der Waals surface area (Å²) < 4.78 is 37.2. The lowest BCUT2D eigenvalue weighted by Crippen LogP contribution is -2.35. The van der Waals surface area contributed by atoms with E-state index in [4.69, 9.17) is 5.73 Å². The number of anilines is 1. The maximum atomic E-state index is 13.3. The van der Waals surface area contributed by atoms with Crippen molar-refractivity contribution in [3.05, 3.63) is 24.0 Å². The molecule has 1 rings (SSSR count). The molecular weight excluding hydrogens is 271 g/mol. The Morgan fingerprint density at radius 2 is 1.89 bits per heavy atom. The van der Waals surface area contributed by atoms with Crippen LogP contribution in [0.3, 0.4) is 0 Å². The molecule has 0 aliphatic carbocycles. The molecule has 5 nitrogen and oxygen atoms in total. The highest BCUT2D eigenvalue weighted by Crippen LogP contribution is 2.17. The van der Waals surface area contributed by atoms with Gasteiger partial charge in [0.25, 0.3) is 0 Å². The van der Waals surface area contributed by atoms with E-state index >= 15 is 0 Å². The predicted octanol–water partition coefficient (Wildman–Crippen LogP) is 1.05. The van der Waals surface area contributed by atoms with Crippen molar-refractivity contribution in [2.75, 3.05) is 24.6 Å². The number of hydrogen-bond acceptors (Lipinski definition) is 4. The largest absolute Gasteiger partial charge is 0.396 e. The lowest BCUT2D eigenvalue weighted by atomic mass is 10.3. The van der Waals surface area contributed by atoms with Gasteiger partial charge >= 0.3 is 0 Å². The first kappa shape index (κ1) is 15.4. The Kier molecular flexibility index (Phi) is 4.88. The first-order chi connectivity index (χ1) is 8.81. The topological polar surface area (TPSA) is 80.5 Å². The highest BCUT2D eigenvalue weighted by atomic mass is 32.2. The molecule has 0 unspecified atom stereocenters. The predicted molar refractivity (Wildman–Crippen MR) is 70.8 cm³/mol. The van der Waals surface area contributed by atoms with Crippen LogP contribution < -0.4 is 5.73 Å². The molecular formula is C12H17FN2O3S. The molecule has 2 N–H and O–H groups in total. The van der Waals surface area contributed by atoms with Gasteiger partial charge in [-0.1, -0.05) is 0 Å². The van der Waals surface area contributed by atoms with Crippen LogP contribution in [0.5, 0.6) is 0 Å². The molecule has 1 aromatic carbocycles. The van der Waals surface area contributed by atoms with Crippen LogP contribution in [0.1, 0.15) is 13.8 Å². The second kappa shape index (κ2) is 6.01. The Labute approximate surface area is 112 Å². The Morgan fingerprint density at radius 3 is 2.37 bits per heavy atom. The van der Waals surface area contributed by atoms with Gasteiger partial charge in [-0.3, -0.25) is 4.79 Å². The van der Waals surface area contributed by atoms with E-state index in [1.165, 1.54) is 17.0 Å². The number of benzene rings is 1. The van der Waals surface area contributed by atoms with Gasteiger partial charge in [0.15, 0.2) is 9.84 Å². The quantitative estimate of drug-likeness (QED) is 0.821. The van der Waals surface area contributed by atoms with E-state index in [-0.39, 0.29) is 10.6 Å². The van der Waals surface area contributed by atoms with Crippen molar-refractivity contribution in [3.8, 4) is 0 Å². The van der Waals surface area contributed by atoms with Gasteiger partial charge < -0.3 is 10.6 Å². The Hall–Kier alpha value is -1.63. The van der Waals surface area contributed by atoms with Gasteiger partial charge in [-0.25, -0.2) is 12.8 Å². The smallest absolute Gasteiger partial charge is 0.238 e. The lowest BCUT2D eigenvalue weighted by molar-refractivity contribution is -0.128. The number of nitrogens with zero attached hydrogens (tertiary/aromatic N) is 1. The second-order valence-electron chi connectivity index (χ2n) is 4.01. The number of nitrogen functional groups attached to an aromatic ring is 1. The number of halogens is 1. The Bertz CT molecular complexity index is 568. The first-order valence-electron chi connectivity index (χ1n) is 5.87. The van der Waals surface area contributed by atoms with Crippen molar-refractivity contribution in [2.24, 2.45) is 0 Å². The van der Waals surface area contributed by atoms with Gasteiger partial charge in [-0.15, -0.1) is 0 Å². The molecule has 0 spiro atoms. The SMILES string of the molecule is CCN(CC)C(=O)CS(=O)(=O)c1ccc(N)c(F)c1. The van der Waals surface area contributed by atoms with Crippen molar-refractivity contribution in [2.45, 2.75) is 18.7 Å². The summed E-state index contributed by atoms with van der Waals surface area (Å²) in [7, 11) is -3.85. The summed E-state index contributed by atoms with van der Waals surface area (Å²) in [5.74, 6) is -1.98. The third-order valence-corrected chi connectivity index (χ3v) is 4.36. The van der Waals surface area contributed by atoms with Crippen LogP contribution in [0.4, 0.5) is 10.1 Å². The third-order valence-electron chi connectivity index (χ3n) is 2.76. The minimum absolute atomic E-state index is 0.131. The summed E-state index contributed by atoms with van der Waals surface area (Å²) in [6.45, 7) is 4.38. The summed E-state index contributed by atoms with van der Waals surface area (Å²) in [4.78, 5) is 12.9. The van der Waals surface area contributed by atoms with E-state index in [2.05, 4.69) is 0 Å². The molecule has 0 atom stereocenters. The van der Waals surface area contributed by atoms with Crippen molar-refractivity contribution >= 4 is 21.4 Å². The highest BCUT2D eigenvalue weighted by molar-refractivity contribution is 7.92. The van der Waals surface area contributed by atoms with Gasteiger partial charge in [0, 0.05) is 13.1 Å². The molecule has 0 heterocycles. The van der Waals surface area contributed by atoms with Gasteiger partial charge in [-0.2, -0.15) is 0 Å². The van der Waals surface area contributed by atoms with Crippen molar-refractivity contribution in [3.63, 3.8) is 0 Å². The molecule has 19 heavy (non-hydrogen) atoms. The summed E-state index contributed by atoms with van der Waals surface area (Å²) in [6.07, 6.45) is 0. The number of carbonyl (C=O) groups is 1. The lowest BCUT2D eigenvalue weighted by Gasteiger charge is -2.18. The van der Waals surface area contributed by atoms with E-state index in [9.17, 15) is 17.6 Å². The summed E-state index contributed by atoms with van der Waals surface area (Å²) >= 11 is 0. The standard InChI is InChI=1S/C12H17FN2O3S/c1-3-15(4-2)12(16)8-19(17,18)9-5-6-11(14)10(13)7-9/h5-7H,3-4,8,14H2,1-2H3. The molecule has 0 aliphatic rings. The normalized spacial score (nSPS) is 11.3. The zero-order valence-corrected chi connectivity index (χ0v) is 11.7. The molecule has 106 valence electrons. The first-order valence-corrected chi connectivity index (χ1v) is 7.52. The number of amides is 1. The van der Waals surface area contributed by atoms with E-state index in [1.807, 2.05) is 0 Å². The molecule has 0 fully saturated rings. The summed E-state index contributed by atoms with van der Waals surface area (Å²) in [5, 5.41) is 0. The molecule has 1 aromatic rings. The number of carbonyl (C=O) groups excluding carboxylic acids is 1. The van der Waals surface area contributed by atoms with E-state index in [1.54, 1.807) is 13.8 Å². The van der Waals surface area contributed by atoms with Crippen LogP contribution in [-0.2, 0) is 14.6 Å². The highest BCUT2D eigenvalue weighted by Gasteiger charge is 2.23. The van der Waals surface area contributed by atoms with E-state index in [0.29, 0.717) is 13.1 Å². The fourth-order valence-electron chi connectivity index (χ4n) is 1.61. The van der Waals surface area contributed by atoms with Gasteiger partial charge in [0.05, 0.1) is 10.6 Å². The van der Waals surface area contributed by atoms with Crippen LogP contribution in [0, 0.1) is 5.82 Å². The monoisotopic (exact) mass is 288 g/mol. The molecule has 7 heteroatoms. The van der Waals surface area contributed by atoms with Crippen LogP contribution in [0.15, 0.2) is 23.1 Å². The average molecular weight is 288 g/mol. The third kappa shape index (κ3) is 3.66. The molecule has 0 aliphatic heterocycles. The maximum absolute atomic E-state index is 13.3. The maximum Gasteiger partial charge on any atom is 0.238 e. The minimum atomic E-state index is -3.85. The van der Waals surface area contributed by atoms with Crippen LogP contribution >= 0.6 is 0 Å². The van der Waals surface area contributed by atoms with Crippen LogP contribution in [0.2, 0.25) is 0 Å². The van der Waals surface area contributed by atoms with Crippen molar-refractivity contribution < 1.29 is 17.6 Å².